The van der Waals surface area contributed by atoms with Crippen molar-refractivity contribution in [2.75, 3.05) is 40.3 Å². The largest absolute Gasteiger partial charge is 0.373 e. The molecule has 2 fully saturated rings. The first-order valence-electron chi connectivity index (χ1n) is 12.2. The van der Waals surface area contributed by atoms with Crippen molar-refractivity contribution in [2.45, 2.75) is 76.3 Å². The van der Waals surface area contributed by atoms with Gasteiger partial charge in [-0.2, -0.15) is 0 Å². The second-order valence-electron chi connectivity index (χ2n) is 9.86. The zero-order chi connectivity index (χ0) is 23.8. The number of likely N-dealkylation sites (tertiary alicyclic amines) is 1. The molecule has 4 rings (SSSR count). The standard InChI is InChI=1S/C24H39N5O3S/c1-6-11-29-23-10-9-21(33(30,31)26(4)5)13-22(23)25-24(29)17-28-12-7-8-20(28)16-27-14-18(2)32-19(3)15-27/h9-10,13,18-20H,6-8,11-12,14-17H2,1-5H3/t18-,19-,20-/m1/s1. The number of fused-ring (bicyclic) bond motifs is 1. The highest BCUT2D eigenvalue weighted by Crippen LogP contribution is 2.26. The summed E-state index contributed by atoms with van der Waals surface area (Å²) in [7, 11) is -0.364. The molecule has 0 amide bonds. The van der Waals surface area contributed by atoms with Crippen molar-refractivity contribution < 1.29 is 13.2 Å². The third kappa shape index (κ3) is 5.27. The lowest BCUT2D eigenvalue weighted by molar-refractivity contribution is -0.0725. The number of hydrogen-bond donors (Lipinski definition) is 0. The number of aromatic nitrogens is 2. The molecule has 0 spiro atoms. The molecule has 9 heteroatoms. The molecule has 2 aliphatic heterocycles. The van der Waals surface area contributed by atoms with Crippen LogP contribution in [0.15, 0.2) is 23.1 Å². The highest BCUT2D eigenvalue weighted by Gasteiger charge is 2.31. The number of aryl methyl sites for hydroxylation is 1. The van der Waals surface area contributed by atoms with Crippen LogP contribution in [0, 0.1) is 0 Å². The molecule has 0 N–H and O–H groups in total. The Kier molecular flexibility index (Phi) is 7.45. The van der Waals surface area contributed by atoms with Crippen LogP contribution in [0.4, 0.5) is 0 Å². The fraction of sp³-hybridized carbons (Fsp3) is 0.708. The van der Waals surface area contributed by atoms with Gasteiger partial charge in [-0.05, 0) is 57.9 Å². The second-order valence-corrected chi connectivity index (χ2v) is 12.0. The molecule has 1 aromatic heterocycles. The van der Waals surface area contributed by atoms with E-state index in [4.69, 9.17) is 9.72 Å². The van der Waals surface area contributed by atoms with Crippen LogP contribution in [0.3, 0.4) is 0 Å². The minimum atomic E-state index is -3.48. The van der Waals surface area contributed by atoms with E-state index in [1.165, 1.54) is 17.1 Å². The van der Waals surface area contributed by atoms with Crippen molar-refractivity contribution >= 4 is 21.1 Å². The third-order valence-corrected chi connectivity index (χ3v) is 8.64. The molecule has 0 radical (unpaired) electrons. The Balaban J connectivity index is 1.57. The molecule has 1 aromatic carbocycles. The molecule has 2 aliphatic rings. The lowest BCUT2D eigenvalue weighted by Gasteiger charge is -2.38. The minimum Gasteiger partial charge on any atom is -0.373 e. The summed E-state index contributed by atoms with van der Waals surface area (Å²) in [5.41, 5.74) is 1.77. The van der Waals surface area contributed by atoms with E-state index < -0.39 is 10.0 Å². The predicted molar refractivity (Wildman–Crippen MR) is 131 cm³/mol. The normalized spacial score (nSPS) is 25.5. The van der Waals surface area contributed by atoms with Crippen molar-refractivity contribution in [3.05, 3.63) is 24.0 Å². The molecule has 8 nitrogen and oxygen atoms in total. The highest BCUT2D eigenvalue weighted by atomic mass is 32.2. The Morgan fingerprint density at radius 1 is 1.18 bits per heavy atom. The van der Waals surface area contributed by atoms with Gasteiger partial charge in [0.2, 0.25) is 10.0 Å². The Labute approximate surface area is 198 Å². The first kappa shape index (κ1) is 24.6. The van der Waals surface area contributed by atoms with E-state index in [9.17, 15) is 8.42 Å². The van der Waals surface area contributed by atoms with Crippen LogP contribution in [0.25, 0.3) is 11.0 Å². The molecular weight excluding hydrogens is 438 g/mol. The Morgan fingerprint density at radius 2 is 1.91 bits per heavy atom. The van der Waals surface area contributed by atoms with Crippen LogP contribution in [-0.2, 0) is 27.8 Å². The summed E-state index contributed by atoms with van der Waals surface area (Å²) < 4.78 is 34.7. The molecule has 0 aliphatic carbocycles. The van der Waals surface area contributed by atoms with E-state index in [2.05, 4.69) is 35.1 Å². The smallest absolute Gasteiger partial charge is 0.242 e. The fourth-order valence-electron chi connectivity index (χ4n) is 5.35. The van der Waals surface area contributed by atoms with Gasteiger partial charge in [-0.25, -0.2) is 17.7 Å². The summed E-state index contributed by atoms with van der Waals surface area (Å²) in [6.45, 7) is 12.3. The topological polar surface area (TPSA) is 70.9 Å². The maximum Gasteiger partial charge on any atom is 0.242 e. The second kappa shape index (κ2) is 10.00. The lowest BCUT2D eigenvalue weighted by atomic mass is 10.1. The van der Waals surface area contributed by atoms with E-state index >= 15 is 0 Å². The number of benzene rings is 1. The molecular formula is C24H39N5O3S. The number of hydrogen-bond acceptors (Lipinski definition) is 6. The predicted octanol–water partition coefficient (Wildman–Crippen LogP) is 2.77. The average molecular weight is 478 g/mol. The summed E-state index contributed by atoms with van der Waals surface area (Å²) in [5.74, 6) is 1.03. The molecule has 0 bridgehead atoms. The van der Waals surface area contributed by atoms with Crippen LogP contribution in [0.5, 0.6) is 0 Å². The average Bonchev–Trinajstić information content (AvgIpc) is 3.31. The number of imidazole rings is 1. The van der Waals surface area contributed by atoms with Crippen molar-refractivity contribution in [1.29, 1.82) is 0 Å². The SMILES string of the molecule is CCCn1c(CN2CCC[C@@H]2CN2C[C@@H](C)O[C@H](C)C2)nc2cc(S(=O)(=O)N(C)C)ccc21. The van der Waals surface area contributed by atoms with Gasteiger partial charge < -0.3 is 9.30 Å². The minimum absolute atomic E-state index is 0.282. The van der Waals surface area contributed by atoms with E-state index in [1.807, 2.05) is 6.07 Å². The third-order valence-electron chi connectivity index (χ3n) is 6.83. The van der Waals surface area contributed by atoms with Crippen molar-refractivity contribution in [1.82, 2.24) is 23.7 Å². The highest BCUT2D eigenvalue weighted by molar-refractivity contribution is 7.89. The molecule has 184 valence electrons. The molecule has 0 saturated carbocycles. The van der Waals surface area contributed by atoms with Crippen molar-refractivity contribution in [2.24, 2.45) is 0 Å². The van der Waals surface area contributed by atoms with Gasteiger partial charge in [0.25, 0.3) is 0 Å². The van der Waals surface area contributed by atoms with Gasteiger partial charge in [-0.15, -0.1) is 0 Å². The van der Waals surface area contributed by atoms with Gasteiger partial charge in [0.05, 0.1) is 34.7 Å². The van der Waals surface area contributed by atoms with Crippen molar-refractivity contribution in [3.63, 3.8) is 0 Å². The zero-order valence-electron chi connectivity index (χ0n) is 20.7. The van der Waals surface area contributed by atoms with Crippen LogP contribution >= 0.6 is 0 Å². The molecule has 33 heavy (non-hydrogen) atoms. The number of morpholine rings is 1. The Hall–Kier alpha value is -1.52. The molecule has 2 saturated heterocycles. The number of nitrogens with zero attached hydrogens (tertiary/aromatic N) is 5. The Bertz CT molecular complexity index is 1060. The van der Waals surface area contributed by atoms with Crippen LogP contribution in [0.1, 0.15) is 45.9 Å². The van der Waals surface area contributed by atoms with Crippen molar-refractivity contribution in [3.8, 4) is 0 Å². The summed E-state index contributed by atoms with van der Waals surface area (Å²) in [6, 6.07) is 5.85. The Morgan fingerprint density at radius 3 is 2.58 bits per heavy atom. The molecule has 3 heterocycles. The van der Waals surface area contributed by atoms with Gasteiger partial charge in [-0.1, -0.05) is 6.92 Å². The van der Waals surface area contributed by atoms with Gasteiger partial charge in [-0.3, -0.25) is 9.80 Å². The summed E-state index contributed by atoms with van der Waals surface area (Å²) in [6.07, 6.45) is 3.98. The maximum absolute atomic E-state index is 12.6. The summed E-state index contributed by atoms with van der Waals surface area (Å²) >= 11 is 0. The monoisotopic (exact) mass is 477 g/mol. The first-order chi connectivity index (χ1) is 15.7. The quantitative estimate of drug-likeness (QED) is 0.582. The number of rotatable bonds is 8. The fourth-order valence-corrected chi connectivity index (χ4v) is 6.27. The van der Waals surface area contributed by atoms with E-state index in [0.29, 0.717) is 10.9 Å². The summed E-state index contributed by atoms with van der Waals surface area (Å²) in [4.78, 5) is 10.3. The van der Waals surface area contributed by atoms with Gasteiger partial charge in [0.15, 0.2) is 0 Å². The van der Waals surface area contributed by atoms with Crippen LogP contribution < -0.4 is 0 Å². The van der Waals surface area contributed by atoms with Crippen LogP contribution in [-0.4, -0.2) is 90.6 Å². The molecule has 0 unspecified atom stereocenters. The van der Waals surface area contributed by atoms with E-state index in [0.717, 1.165) is 62.5 Å². The number of ether oxygens (including phenoxy) is 1. The van der Waals surface area contributed by atoms with Gasteiger partial charge in [0, 0.05) is 46.3 Å². The molecule has 2 aromatic rings. The van der Waals surface area contributed by atoms with Crippen LogP contribution in [0.2, 0.25) is 0 Å². The molecule has 3 atom stereocenters. The first-order valence-corrected chi connectivity index (χ1v) is 13.7. The number of sulfonamides is 1. The van der Waals surface area contributed by atoms with E-state index in [1.54, 1.807) is 26.2 Å². The van der Waals surface area contributed by atoms with Gasteiger partial charge >= 0.3 is 0 Å². The zero-order valence-corrected chi connectivity index (χ0v) is 21.5. The lowest BCUT2D eigenvalue weighted by Crippen LogP contribution is -2.50. The van der Waals surface area contributed by atoms with Gasteiger partial charge in [0.1, 0.15) is 5.82 Å². The van der Waals surface area contributed by atoms with E-state index in [-0.39, 0.29) is 12.2 Å². The maximum atomic E-state index is 12.6. The summed E-state index contributed by atoms with van der Waals surface area (Å²) in [5, 5.41) is 0.